The number of hydrogen-bond acceptors (Lipinski definition) is 4. The molecule has 0 bridgehead atoms. The molecule has 7 atom stereocenters. The molecule has 0 saturated heterocycles. The highest BCUT2D eigenvalue weighted by Gasteiger charge is 2.68. The van der Waals surface area contributed by atoms with Crippen LogP contribution < -0.4 is 0 Å². The number of hydrogen-bond donors (Lipinski definition) is 4. The molecule has 4 aliphatic rings. The summed E-state index contributed by atoms with van der Waals surface area (Å²) < 4.78 is 0. The molecular weight excluding hydrogens is 336 g/mol. The Kier molecular flexibility index (Phi) is 3.84. The van der Waals surface area contributed by atoms with E-state index in [9.17, 15) is 30.0 Å². The number of aliphatic hydroxyl groups is 2. The lowest BCUT2D eigenvalue weighted by Crippen LogP contribution is -2.66. The van der Waals surface area contributed by atoms with Crippen molar-refractivity contribution < 1.29 is 30.0 Å². The second-order valence-corrected chi connectivity index (χ2v) is 9.20. The van der Waals surface area contributed by atoms with Gasteiger partial charge in [-0.1, -0.05) is 18.6 Å². The molecule has 0 aromatic rings. The molecular formula is C20H28O6. The minimum Gasteiger partial charge on any atom is -0.481 e. The fourth-order valence-electron chi connectivity index (χ4n) is 7.04. The first-order valence-electron chi connectivity index (χ1n) is 9.73. The molecule has 3 saturated carbocycles. The van der Waals surface area contributed by atoms with E-state index >= 15 is 0 Å². The molecule has 0 heterocycles. The Morgan fingerprint density at radius 3 is 2.50 bits per heavy atom. The van der Waals surface area contributed by atoms with Gasteiger partial charge in [0.15, 0.2) is 0 Å². The second-order valence-electron chi connectivity index (χ2n) is 9.20. The number of allylic oxidation sites excluding steroid dienone is 2. The van der Waals surface area contributed by atoms with Crippen molar-refractivity contribution >= 4 is 11.9 Å². The highest BCUT2D eigenvalue weighted by atomic mass is 16.4. The molecule has 0 spiro atoms. The van der Waals surface area contributed by atoms with E-state index in [2.05, 4.69) is 0 Å². The number of aliphatic hydroxyl groups excluding tert-OH is 1. The Balaban J connectivity index is 1.75. The molecule has 144 valence electrons. The van der Waals surface area contributed by atoms with Crippen LogP contribution in [0.1, 0.15) is 58.3 Å². The molecule has 0 aromatic heterocycles. The van der Waals surface area contributed by atoms with Gasteiger partial charge in [0.25, 0.3) is 0 Å². The lowest BCUT2D eigenvalue weighted by Gasteiger charge is -2.61. The van der Waals surface area contributed by atoms with Crippen LogP contribution in [0, 0.1) is 28.6 Å². The van der Waals surface area contributed by atoms with Crippen LogP contribution in [0.25, 0.3) is 0 Å². The molecule has 0 radical (unpaired) electrons. The van der Waals surface area contributed by atoms with Crippen LogP contribution in [0.15, 0.2) is 11.6 Å². The second kappa shape index (κ2) is 5.55. The quantitative estimate of drug-likeness (QED) is 0.558. The molecule has 0 amide bonds. The first-order valence-corrected chi connectivity index (χ1v) is 9.73. The third kappa shape index (κ3) is 2.06. The monoisotopic (exact) mass is 364 g/mol. The molecule has 26 heavy (non-hydrogen) atoms. The standard InChI is InChI=1S/C20H28O6/c1-18-7-6-14-12(13(18)2-3-15(18)16(22)23)5-8-19(26)10-11(21)4-9-20(14,19)17(24)25/h2,11-12,14-15,21,26H,3-10H2,1H3,(H,22,23)(H,24,25)/t11-,12+,14+,15-,18-,19-,20-/m0/s1. The number of carboxylic acids is 2. The summed E-state index contributed by atoms with van der Waals surface area (Å²) in [4.78, 5) is 24.2. The predicted molar refractivity (Wildman–Crippen MR) is 92.3 cm³/mol. The van der Waals surface area contributed by atoms with E-state index in [1.54, 1.807) is 0 Å². The molecule has 0 unspecified atom stereocenters. The van der Waals surface area contributed by atoms with Gasteiger partial charge in [0.05, 0.1) is 23.0 Å². The fourth-order valence-corrected chi connectivity index (χ4v) is 7.04. The van der Waals surface area contributed by atoms with Crippen molar-refractivity contribution in [1.29, 1.82) is 0 Å². The summed E-state index contributed by atoms with van der Waals surface area (Å²) in [5.74, 6) is -2.35. The molecule has 6 nitrogen and oxygen atoms in total. The normalized spacial score (nSPS) is 50.2. The Hall–Kier alpha value is -1.40. The lowest BCUT2D eigenvalue weighted by atomic mass is 9.43. The number of carbonyl (C=O) groups is 2. The number of carboxylic acid groups (broad SMARTS) is 2. The van der Waals surface area contributed by atoms with Gasteiger partial charge in [0.2, 0.25) is 0 Å². The van der Waals surface area contributed by atoms with Crippen LogP contribution in [0.5, 0.6) is 0 Å². The average molecular weight is 364 g/mol. The van der Waals surface area contributed by atoms with Gasteiger partial charge in [-0.05, 0) is 56.8 Å². The van der Waals surface area contributed by atoms with Gasteiger partial charge in [0, 0.05) is 11.8 Å². The largest absolute Gasteiger partial charge is 0.481 e. The van der Waals surface area contributed by atoms with E-state index in [0.717, 1.165) is 5.57 Å². The summed E-state index contributed by atoms with van der Waals surface area (Å²) in [6.45, 7) is 2.01. The zero-order valence-electron chi connectivity index (χ0n) is 15.1. The molecule has 0 aromatic carbocycles. The van der Waals surface area contributed by atoms with E-state index in [0.29, 0.717) is 38.5 Å². The summed E-state index contributed by atoms with van der Waals surface area (Å²) in [6.07, 6.45) is 4.97. The van der Waals surface area contributed by atoms with Crippen molar-refractivity contribution in [2.24, 2.45) is 28.6 Å². The molecule has 0 aliphatic heterocycles. The van der Waals surface area contributed by atoms with E-state index < -0.39 is 40.4 Å². The van der Waals surface area contributed by atoms with Gasteiger partial charge < -0.3 is 20.4 Å². The topological polar surface area (TPSA) is 115 Å². The average Bonchev–Trinajstić information content (AvgIpc) is 2.91. The molecule has 3 fully saturated rings. The summed E-state index contributed by atoms with van der Waals surface area (Å²) >= 11 is 0. The van der Waals surface area contributed by atoms with Gasteiger partial charge >= 0.3 is 11.9 Å². The van der Waals surface area contributed by atoms with Crippen molar-refractivity contribution in [2.75, 3.05) is 0 Å². The van der Waals surface area contributed by atoms with E-state index in [1.807, 2.05) is 13.0 Å². The minimum atomic E-state index is -1.38. The first-order chi connectivity index (χ1) is 12.2. The van der Waals surface area contributed by atoms with Crippen molar-refractivity contribution in [3.8, 4) is 0 Å². The third-order valence-corrected chi connectivity index (χ3v) is 8.32. The maximum absolute atomic E-state index is 12.5. The van der Waals surface area contributed by atoms with Gasteiger partial charge in [-0.3, -0.25) is 9.59 Å². The number of aliphatic carboxylic acids is 2. The van der Waals surface area contributed by atoms with Crippen molar-refractivity contribution in [2.45, 2.75) is 70.0 Å². The van der Waals surface area contributed by atoms with Crippen LogP contribution in [-0.4, -0.2) is 44.1 Å². The summed E-state index contributed by atoms with van der Waals surface area (Å²) in [7, 11) is 0. The van der Waals surface area contributed by atoms with Gasteiger partial charge in [-0.2, -0.15) is 0 Å². The first kappa shape index (κ1) is 18.0. The van der Waals surface area contributed by atoms with E-state index in [4.69, 9.17) is 0 Å². The van der Waals surface area contributed by atoms with Crippen molar-refractivity contribution in [3.63, 3.8) is 0 Å². The Morgan fingerprint density at radius 2 is 1.85 bits per heavy atom. The maximum Gasteiger partial charge on any atom is 0.312 e. The molecule has 4 aliphatic carbocycles. The van der Waals surface area contributed by atoms with E-state index in [1.165, 1.54) is 0 Å². The van der Waals surface area contributed by atoms with Crippen molar-refractivity contribution in [3.05, 3.63) is 11.6 Å². The summed E-state index contributed by atoms with van der Waals surface area (Å²) in [5, 5.41) is 41.2. The lowest BCUT2D eigenvalue weighted by molar-refractivity contribution is -0.223. The Bertz CT molecular complexity index is 686. The number of rotatable bonds is 2. The van der Waals surface area contributed by atoms with Gasteiger partial charge in [0.1, 0.15) is 0 Å². The van der Waals surface area contributed by atoms with Gasteiger partial charge in [-0.25, -0.2) is 0 Å². The Labute approximate surface area is 152 Å². The van der Waals surface area contributed by atoms with E-state index in [-0.39, 0.29) is 24.7 Å². The SMILES string of the molecule is C[C@]12CC[C@@H]3[C@H](CC[C@]4(O)C[C@@H](O)CC[C@@]34C(=O)O)C1=CC[C@H]2C(=O)O. The van der Waals surface area contributed by atoms with Crippen LogP contribution in [0.4, 0.5) is 0 Å². The van der Waals surface area contributed by atoms with Crippen molar-refractivity contribution in [1.82, 2.24) is 0 Å². The van der Waals surface area contributed by atoms with Crippen LogP contribution in [0.2, 0.25) is 0 Å². The predicted octanol–water partition coefficient (Wildman–Crippen LogP) is 2.19. The molecule has 4 rings (SSSR count). The molecule has 4 N–H and O–H groups in total. The Morgan fingerprint density at radius 1 is 1.12 bits per heavy atom. The zero-order chi connectivity index (χ0) is 18.9. The highest BCUT2D eigenvalue weighted by molar-refractivity contribution is 5.78. The minimum absolute atomic E-state index is 0.0183. The molecule has 6 heteroatoms. The van der Waals surface area contributed by atoms with Gasteiger partial charge in [-0.15, -0.1) is 0 Å². The zero-order valence-corrected chi connectivity index (χ0v) is 15.1. The maximum atomic E-state index is 12.5. The number of fused-ring (bicyclic) bond motifs is 5. The third-order valence-electron chi connectivity index (χ3n) is 8.32. The summed E-state index contributed by atoms with van der Waals surface area (Å²) in [5.41, 5.74) is -1.92. The van der Waals surface area contributed by atoms with Crippen LogP contribution in [-0.2, 0) is 9.59 Å². The van der Waals surface area contributed by atoms with Crippen LogP contribution in [0.3, 0.4) is 0 Å². The summed E-state index contributed by atoms with van der Waals surface area (Å²) in [6, 6.07) is 0. The smallest absolute Gasteiger partial charge is 0.312 e. The van der Waals surface area contributed by atoms with Crippen LogP contribution >= 0.6 is 0 Å². The highest BCUT2D eigenvalue weighted by Crippen LogP contribution is 2.67. The fraction of sp³-hybridized carbons (Fsp3) is 0.800.